The van der Waals surface area contributed by atoms with E-state index in [1.165, 1.54) is 22.5 Å². The van der Waals surface area contributed by atoms with Crippen LogP contribution in [0.5, 0.6) is 0 Å². The Hall–Kier alpha value is -2.79. The summed E-state index contributed by atoms with van der Waals surface area (Å²) < 4.78 is 66.3. The summed E-state index contributed by atoms with van der Waals surface area (Å²) in [6.07, 6.45) is -2.47. The summed E-state index contributed by atoms with van der Waals surface area (Å²) in [6.45, 7) is 2.31. The Morgan fingerprint density at radius 2 is 1.52 bits per heavy atom. The Bertz CT molecular complexity index is 1090. The lowest BCUT2D eigenvalue weighted by atomic mass is 10.1. The molecule has 0 radical (unpaired) electrons. The number of hydrogen-bond donors (Lipinski definition) is 1. The molecule has 0 saturated carbocycles. The number of urea groups is 1. The molecule has 11 heteroatoms. The highest BCUT2D eigenvalue weighted by atomic mass is 32.2. The predicted molar refractivity (Wildman–Crippen MR) is 119 cm³/mol. The molecule has 7 nitrogen and oxygen atoms in total. The Morgan fingerprint density at radius 1 is 0.879 bits per heavy atom. The Labute approximate surface area is 190 Å². The SMILES string of the molecule is O=C(Nc1ccc(S(=O)(=O)N2CCN(c3cccc(C(F)(F)F)c3)CC2)cc1)N1CCCC1. The van der Waals surface area contributed by atoms with E-state index in [0.29, 0.717) is 24.5 Å². The lowest BCUT2D eigenvalue weighted by molar-refractivity contribution is -0.137. The average molecular weight is 483 g/mol. The fraction of sp³-hybridized carbons (Fsp3) is 0.409. The molecule has 0 bridgehead atoms. The molecule has 0 atom stereocenters. The molecule has 2 heterocycles. The van der Waals surface area contributed by atoms with Crippen LogP contribution in [0.25, 0.3) is 0 Å². The zero-order valence-corrected chi connectivity index (χ0v) is 18.7. The highest BCUT2D eigenvalue weighted by molar-refractivity contribution is 7.89. The summed E-state index contributed by atoms with van der Waals surface area (Å²) in [5.74, 6) is 0. The van der Waals surface area contributed by atoms with Gasteiger partial charge in [0.2, 0.25) is 10.0 Å². The molecular formula is C22H25F3N4O3S. The third-order valence-corrected chi connectivity index (χ3v) is 7.83. The second-order valence-corrected chi connectivity index (χ2v) is 10.0. The largest absolute Gasteiger partial charge is 0.416 e. The van der Waals surface area contributed by atoms with Crippen LogP contribution < -0.4 is 10.2 Å². The Kier molecular flexibility index (Phi) is 6.53. The van der Waals surface area contributed by atoms with Crippen LogP contribution >= 0.6 is 0 Å². The molecule has 4 rings (SSSR count). The van der Waals surface area contributed by atoms with Gasteiger partial charge >= 0.3 is 12.2 Å². The molecule has 2 amide bonds. The number of benzene rings is 2. The summed E-state index contributed by atoms with van der Waals surface area (Å²) in [5.41, 5.74) is 0.201. The smallest absolute Gasteiger partial charge is 0.369 e. The van der Waals surface area contributed by atoms with Gasteiger partial charge in [0.05, 0.1) is 10.5 Å². The molecule has 2 aromatic rings. The summed E-state index contributed by atoms with van der Waals surface area (Å²) in [4.78, 5) is 15.8. The van der Waals surface area contributed by atoms with Crippen LogP contribution in [-0.4, -0.2) is 62.9 Å². The number of sulfonamides is 1. The number of anilines is 2. The van der Waals surface area contributed by atoms with Crippen molar-refractivity contribution in [3.63, 3.8) is 0 Å². The molecule has 2 saturated heterocycles. The van der Waals surface area contributed by atoms with Crippen LogP contribution in [0.15, 0.2) is 53.4 Å². The number of amides is 2. The maximum Gasteiger partial charge on any atom is 0.416 e. The van der Waals surface area contributed by atoms with Gasteiger partial charge < -0.3 is 15.1 Å². The van der Waals surface area contributed by atoms with Crippen molar-refractivity contribution in [2.24, 2.45) is 0 Å². The lowest BCUT2D eigenvalue weighted by Crippen LogP contribution is -2.48. The standard InChI is InChI=1S/C22H25F3N4O3S/c23-22(24,25)17-4-3-5-19(16-17)27-12-14-29(15-13-27)33(31,32)20-8-6-18(7-9-20)26-21(30)28-10-1-2-11-28/h3-9,16H,1-2,10-15H2,(H,26,30). The van der Waals surface area contributed by atoms with Crippen LogP contribution in [0.2, 0.25) is 0 Å². The van der Waals surface area contributed by atoms with Crippen LogP contribution in [-0.2, 0) is 16.2 Å². The van der Waals surface area contributed by atoms with E-state index >= 15 is 0 Å². The molecule has 0 aliphatic carbocycles. The average Bonchev–Trinajstić information content (AvgIpc) is 3.34. The zero-order chi connectivity index (χ0) is 23.6. The third kappa shape index (κ3) is 5.25. The number of likely N-dealkylation sites (tertiary alicyclic amines) is 1. The van der Waals surface area contributed by atoms with Gasteiger partial charge in [0, 0.05) is 50.6 Å². The second kappa shape index (κ2) is 9.22. The van der Waals surface area contributed by atoms with Crippen LogP contribution in [0.1, 0.15) is 18.4 Å². The Morgan fingerprint density at radius 3 is 2.12 bits per heavy atom. The van der Waals surface area contributed by atoms with Crippen molar-refractivity contribution in [1.29, 1.82) is 0 Å². The maximum atomic E-state index is 13.0. The second-order valence-electron chi connectivity index (χ2n) is 8.09. The first-order valence-electron chi connectivity index (χ1n) is 10.7. The van der Waals surface area contributed by atoms with Crippen LogP contribution in [0.3, 0.4) is 0 Å². The molecule has 2 fully saturated rings. The van der Waals surface area contributed by atoms with Crippen molar-refractivity contribution in [2.75, 3.05) is 49.5 Å². The number of carbonyl (C=O) groups excluding carboxylic acids is 1. The van der Waals surface area contributed by atoms with E-state index in [2.05, 4.69) is 5.32 Å². The highest BCUT2D eigenvalue weighted by Crippen LogP contribution is 2.32. The van der Waals surface area contributed by atoms with E-state index in [1.807, 2.05) is 0 Å². The normalized spacial score (nSPS) is 17.9. The molecule has 2 aliphatic rings. The van der Waals surface area contributed by atoms with Gasteiger partial charge in [-0.05, 0) is 55.3 Å². The van der Waals surface area contributed by atoms with Gasteiger partial charge in [-0.15, -0.1) is 0 Å². The molecule has 0 aromatic heterocycles. The van der Waals surface area contributed by atoms with E-state index in [0.717, 1.165) is 25.0 Å². The predicted octanol–water partition coefficient (Wildman–Crippen LogP) is 3.84. The zero-order valence-electron chi connectivity index (χ0n) is 17.9. The van der Waals surface area contributed by atoms with Crippen molar-refractivity contribution in [2.45, 2.75) is 23.9 Å². The summed E-state index contributed by atoms with van der Waals surface area (Å²) in [6, 6.07) is 10.9. The van der Waals surface area contributed by atoms with Gasteiger partial charge in [-0.1, -0.05) is 6.07 Å². The fourth-order valence-corrected chi connectivity index (χ4v) is 5.47. The molecule has 0 unspecified atom stereocenters. The monoisotopic (exact) mass is 482 g/mol. The molecule has 2 aromatic carbocycles. The van der Waals surface area contributed by atoms with E-state index in [1.54, 1.807) is 28.0 Å². The van der Waals surface area contributed by atoms with Crippen molar-refractivity contribution in [1.82, 2.24) is 9.21 Å². The fourth-order valence-electron chi connectivity index (χ4n) is 4.05. The number of piperazine rings is 1. The molecule has 33 heavy (non-hydrogen) atoms. The van der Waals surface area contributed by atoms with Gasteiger partial charge in [-0.3, -0.25) is 0 Å². The van der Waals surface area contributed by atoms with Gasteiger partial charge in [0.1, 0.15) is 0 Å². The number of carbonyl (C=O) groups is 1. The first-order valence-corrected chi connectivity index (χ1v) is 12.2. The Balaban J connectivity index is 1.38. The van der Waals surface area contributed by atoms with Gasteiger partial charge in [-0.2, -0.15) is 17.5 Å². The van der Waals surface area contributed by atoms with Crippen molar-refractivity contribution in [3.05, 3.63) is 54.1 Å². The van der Waals surface area contributed by atoms with E-state index < -0.39 is 21.8 Å². The number of hydrogen-bond acceptors (Lipinski definition) is 4. The molecular weight excluding hydrogens is 457 g/mol. The third-order valence-electron chi connectivity index (χ3n) is 5.91. The molecule has 1 N–H and O–H groups in total. The van der Waals surface area contributed by atoms with E-state index in [4.69, 9.17) is 0 Å². The topological polar surface area (TPSA) is 73.0 Å². The summed E-state index contributed by atoms with van der Waals surface area (Å²) in [7, 11) is -3.76. The highest BCUT2D eigenvalue weighted by Gasteiger charge is 2.32. The van der Waals surface area contributed by atoms with E-state index in [-0.39, 0.29) is 37.1 Å². The van der Waals surface area contributed by atoms with Crippen molar-refractivity contribution in [3.8, 4) is 0 Å². The lowest BCUT2D eigenvalue weighted by Gasteiger charge is -2.35. The van der Waals surface area contributed by atoms with Gasteiger partial charge in [0.25, 0.3) is 0 Å². The number of nitrogens with one attached hydrogen (secondary N) is 1. The number of nitrogens with zero attached hydrogens (tertiary/aromatic N) is 3. The van der Waals surface area contributed by atoms with Crippen LogP contribution in [0, 0.1) is 0 Å². The first kappa shape index (κ1) is 23.4. The number of rotatable bonds is 4. The van der Waals surface area contributed by atoms with E-state index in [9.17, 15) is 26.4 Å². The number of alkyl halides is 3. The minimum absolute atomic E-state index is 0.106. The van der Waals surface area contributed by atoms with Crippen LogP contribution in [0.4, 0.5) is 29.3 Å². The van der Waals surface area contributed by atoms with Crippen molar-refractivity contribution < 1.29 is 26.4 Å². The van der Waals surface area contributed by atoms with Gasteiger partial charge in [0.15, 0.2) is 0 Å². The molecule has 2 aliphatic heterocycles. The van der Waals surface area contributed by atoms with Crippen molar-refractivity contribution >= 4 is 27.4 Å². The summed E-state index contributed by atoms with van der Waals surface area (Å²) >= 11 is 0. The minimum atomic E-state index is -4.43. The molecule has 0 spiro atoms. The first-order chi connectivity index (χ1) is 15.6. The molecule has 178 valence electrons. The minimum Gasteiger partial charge on any atom is -0.369 e. The maximum absolute atomic E-state index is 13.0. The summed E-state index contributed by atoms with van der Waals surface area (Å²) in [5, 5.41) is 2.77. The van der Waals surface area contributed by atoms with Gasteiger partial charge in [-0.25, -0.2) is 13.2 Å². The quantitative estimate of drug-likeness (QED) is 0.719. The number of halogens is 3.